The van der Waals surface area contributed by atoms with Gasteiger partial charge < -0.3 is 10.6 Å². The lowest BCUT2D eigenvalue weighted by molar-refractivity contribution is 0.443. The molecule has 0 bridgehead atoms. The van der Waals surface area contributed by atoms with Gasteiger partial charge in [-0.2, -0.15) is 16.9 Å². The maximum Gasteiger partial charge on any atom is 0.191 e. The molecule has 1 aromatic heterocycles. The molecule has 1 rings (SSSR count). The molecular formula is C15H29N5S. The highest BCUT2D eigenvalue weighted by Crippen LogP contribution is 2.20. The van der Waals surface area contributed by atoms with E-state index in [9.17, 15) is 0 Å². The van der Waals surface area contributed by atoms with Crippen molar-refractivity contribution in [1.82, 2.24) is 20.4 Å². The fourth-order valence-electron chi connectivity index (χ4n) is 1.74. The Morgan fingerprint density at radius 3 is 2.76 bits per heavy atom. The Morgan fingerprint density at radius 1 is 1.43 bits per heavy atom. The van der Waals surface area contributed by atoms with E-state index in [2.05, 4.69) is 54.7 Å². The molecule has 6 heteroatoms. The Balaban J connectivity index is 2.44. The lowest BCUT2D eigenvalue weighted by Crippen LogP contribution is -2.41. The van der Waals surface area contributed by atoms with Crippen LogP contribution >= 0.6 is 11.8 Å². The molecule has 0 aliphatic carbocycles. The highest BCUT2D eigenvalue weighted by Gasteiger charge is 2.15. The molecule has 120 valence electrons. The van der Waals surface area contributed by atoms with Crippen molar-refractivity contribution in [2.45, 2.75) is 39.0 Å². The second-order valence-electron chi connectivity index (χ2n) is 5.87. The van der Waals surface area contributed by atoms with E-state index in [0.29, 0.717) is 5.92 Å². The summed E-state index contributed by atoms with van der Waals surface area (Å²) in [6.07, 6.45) is 5.94. The number of nitrogens with one attached hydrogen (secondary N) is 2. The SMILES string of the molecule is CCNC(=NCC(C)(C)SC)NCC(C)Cn1cccn1. The first-order valence-electron chi connectivity index (χ1n) is 7.51. The first kappa shape index (κ1) is 17.9. The van der Waals surface area contributed by atoms with Crippen molar-refractivity contribution >= 4 is 17.7 Å². The van der Waals surface area contributed by atoms with Crippen LogP contribution < -0.4 is 10.6 Å². The summed E-state index contributed by atoms with van der Waals surface area (Å²) >= 11 is 1.84. The number of aliphatic imine (C=N–C) groups is 1. The normalized spacial score (nSPS) is 14.0. The maximum absolute atomic E-state index is 4.68. The van der Waals surface area contributed by atoms with Gasteiger partial charge >= 0.3 is 0 Å². The average molecular weight is 311 g/mol. The Bertz CT molecular complexity index is 414. The van der Waals surface area contributed by atoms with Gasteiger partial charge in [0.25, 0.3) is 0 Å². The minimum Gasteiger partial charge on any atom is -0.357 e. The number of guanidine groups is 1. The van der Waals surface area contributed by atoms with E-state index in [1.54, 1.807) is 0 Å². The highest BCUT2D eigenvalue weighted by atomic mass is 32.2. The number of hydrogen-bond donors (Lipinski definition) is 2. The van der Waals surface area contributed by atoms with Crippen LogP contribution in [0.3, 0.4) is 0 Å². The number of nitrogens with zero attached hydrogens (tertiary/aromatic N) is 3. The van der Waals surface area contributed by atoms with Crippen molar-refractivity contribution in [3.63, 3.8) is 0 Å². The van der Waals surface area contributed by atoms with Gasteiger partial charge in [-0.1, -0.05) is 6.92 Å². The van der Waals surface area contributed by atoms with Crippen LogP contribution in [0.5, 0.6) is 0 Å². The number of aromatic nitrogens is 2. The van der Waals surface area contributed by atoms with Gasteiger partial charge in [0.05, 0.1) is 6.54 Å². The lowest BCUT2D eigenvalue weighted by Gasteiger charge is -2.21. The molecule has 0 aliphatic rings. The van der Waals surface area contributed by atoms with Gasteiger partial charge in [0.15, 0.2) is 5.96 Å². The van der Waals surface area contributed by atoms with Crippen LogP contribution in [-0.4, -0.2) is 46.4 Å². The number of hydrogen-bond acceptors (Lipinski definition) is 3. The molecule has 2 N–H and O–H groups in total. The zero-order valence-corrected chi connectivity index (χ0v) is 14.7. The number of rotatable bonds is 8. The van der Waals surface area contributed by atoms with Gasteiger partial charge in [0, 0.05) is 36.8 Å². The summed E-state index contributed by atoms with van der Waals surface area (Å²) in [4.78, 5) is 4.68. The van der Waals surface area contributed by atoms with Gasteiger partial charge in [-0.05, 0) is 39.0 Å². The molecule has 1 unspecified atom stereocenters. The lowest BCUT2D eigenvalue weighted by atomic mass is 10.2. The van der Waals surface area contributed by atoms with Crippen LogP contribution in [0.4, 0.5) is 0 Å². The summed E-state index contributed by atoms with van der Waals surface area (Å²) in [5.74, 6) is 1.38. The third-order valence-corrected chi connectivity index (χ3v) is 4.42. The van der Waals surface area contributed by atoms with Crippen LogP contribution in [-0.2, 0) is 6.54 Å². The summed E-state index contributed by atoms with van der Waals surface area (Å²) in [7, 11) is 0. The molecule has 5 nitrogen and oxygen atoms in total. The smallest absolute Gasteiger partial charge is 0.191 e. The molecule has 21 heavy (non-hydrogen) atoms. The average Bonchev–Trinajstić information content (AvgIpc) is 2.95. The summed E-state index contributed by atoms with van der Waals surface area (Å²) in [6, 6.07) is 1.95. The first-order chi connectivity index (χ1) is 9.96. The van der Waals surface area contributed by atoms with Crippen molar-refractivity contribution < 1.29 is 0 Å². The number of thioether (sulfide) groups is 1. The maximum atomic E-state index is 4.68. The Labute approximate surface area is 133 Å². The van der Waals surface area contributed by atoms with Crippen LogP contribution in [0.25, 0.3) is 0 Å². The monoisotopic (exact) mass is 311 g/mol. The first-order valence-corrected chi connectivity index (χ1v) is 8.74. The molecule has 1 atom stereocenters. The minimum atomic E-state index is 0.170. The molecule has 1 aromatic rings. The molecule has 0 fully saturated rings. The van der Waals surface area contributed by atoms with Crippen molar-refractivity contribution in [2.75, 3.05) is 25.9 Å². The van der Waals surface area contributed by atoms with Gasteiger partial charge in [-0.25, -0.2) is 0 Å². The van der Waals surface area contributed by atoms with E-state index >= 15 is 0 Å². The van der Waals surface area contributed by atoms with E-state index in [1.165, 1.54) is 0 Å². The van der Waals surface area contributed by atoms with Gasteiger partial charge in [-0.15, -0.1) is 0 Å². The summed E-state index contributed by atoms with van der Waals surface area (Å²) in [5, 5.41) is 11.0. The van der Waals surface area contributed by atoms with Crippen molar-refractivity contribution in [3.8, 4) is 0 Å². The quantitative estimate of drug-likeness (QED) is 0.571. The van der Waals surface area contributed by atoms with Crippen molar-refractivity contribution in [1.29, 1.82) is 0 Å². The fraction of sp³-hybridized carbons (Fsp3) is 0.733. The van der Waals surface area contributed by atoms with Crippen molar-refractivity contribution in [2.24, 2.45) is 10.9 Å². The molecule has 0 saturated heterocycles. The third-order valence-electron chi connectivity index (χ3n) is 3.19. The summed E-state index contributed by atoms with van der Waals surface area (Å²) in [6.45, 7) is 12.2. The molecule has 0 spiro atoms. The zero-order chi connectivity index (χ0) is 15.7. The second-order valence-corrected chi connectivity index (χ2v) is 7.39. The topological polar surface area (TPSA) is 54.2 Å². The predicted molar refractivity (Wildman–Crippen MR) is 93.0 cm³/mol. The van der Waals surface area contributed by atoms with E-state index in [4.69, 9.17) is 0 Å². The van der Waals surface area contributed by atoms with E-state index < -0.39 is 0 Å². The molecule has 1 heterocycles. The highest BCUT2D eigenvalue weighted by molar-refractivity contribution is 7.99. The summed E-state index contributed by atoms with van der Waals surface area (Å²) < 4.78 is 2.14. The van der Waals surface area contributed by atoms with E-state index in [-0.39, 0.29) is 4.75 Å². The fourth-order valence-corrected chi connectivity index (χ4v) is 1.93. The van der Waals surface area contributed by atoms with E-state index in [0.717, 1.165) is 32.1 Å². The third kappa shape index (κ3) is 7.41. The van der Waals surface area contributed by atoms with Crippen molar-refractivity contribution in [3.05, 3.63) is 18.5 Å². The predicted octanol–water partition coefficient (Wildman–Crippen LogP) is 2.22. The van der Waals surface area contributed by atoms with Crippen LogP contribution in [0.1, 0.15) is 27.7 Å². The standard InChI is InChI=1S/C15H29N5S/c1-6-16-14(18-12-15(3,4)21-5)17-10-13(2)11-20-9-7-8-19-20/h7-9,13H,6,10-12H2,1-5H3,(H2,16,17,18). The molecular weight excluding hydrogens is 282 g/mol. The largest absolute Gasteiger partial charge is 0.357 e. The van der Waals surface area contributed by atoms with Gasteiger partial charge in [0.1, 0.15) is 0 Å². The summed E-state index contributed by atoms with van der Waals surface area (Å²) in [5.41, 5.74) is 0. The van der Waals surface area contributed by atoms with Gasteiger partial charge in [-0.3, -0.25) is 9.67 Å². The molecule has 0 radical (unpaired) electrons. The molecule has 0 aromatic carbocycles. The van der Waals surface area contributed by atoms with E-state index in [1.807, 2.05) is 34.9 Å². The van der Waals surface area contributed by atoms with Crippen LogP contribution in [0.2, 0.25) is 0 Å². The minimum absolute atomic E-state index is 0.170. The zero-order valence-electron chi connectivity index (χ0n) is 13.9. The Kier molecular flexibility index (Phi) is 7.64. The molecule has 0 saturated carbocycles. The molecule has 0 aliphatic heterocycles. The van der Waals surface area contributed by atoms with Crippen LogP contribution in [0, 0.1) is 5.92 Å². The second kappa shape index (κ2) is 8.97. The van der Waals surface area contributed by atoms with Gasteiger partial charge in [0.2, 0.25) is 0 Å². The Morgan fingerprint density at radius 2 is 2.19 bits per heavy atom. The van der Waals surface area contributed by atoms with Crippen LogP contribution in [0.15, 0.2) is 23.5 Å². The Hall–Kier alpha value is -1.17. The molecule has 0 amide bonds.